The Bertz CT molecular complexity index is 1270. The fourth-order valence-electron chi connectivity index (χ4n) is 3.92. The molecule has 0 aliphatic carbocycles. The van der Waals surface area contributed by atoms with Crippen LogP contribution >= 0.6 is 0 Å². The number of halogens is 1. The first-order valence-electron chi connectivity index (χ1n) is 11.0. The van der Waals surface area contributed by atoms with Gasteiger partial charge in [-0.15, -0.1) is 0 Å². The van der Waals surface area contributed by atoms with Crippen LogP contribution in [0.1, 0.15) is 29.8 Å². The van der Waals surface area contributed by atoms with E-state index in [-0.39, 0.29) is 24.4 Å². The van der Waals surface area contributed by atoms with E-state index in [4.69, 9.17) is 4.74 Å². The van der Waals surface area contributed by atoms with Gasteiger partial charge in [0.15, 0.2) is 0 Å². The highest BCUT2D eigenvalue weighted by Gasteiger charge is 2.20. The number of aliphatic hydroxyl groups excluding tert-OH is 1. The highest BCUT2D eigenvalue weighted by molar-refractivity contribution is 5.98. The minimum atomic E-state index is -0.499. The summed E-state index contributed by atoms with van der Waals surface area (Å²) in [5, 5.41) is 13.9. The van der Waals surface area contributed by atoms with Crippen LogP contribution in [0.2, 0.25) is 0 Å². The van der Waals surface area contributed by atoms with Crippen LogP contribution in [0.5, 0.6) is 5.75 Å². The van der Waals surface area contributed by atoms with E-state index in [1.807, 2.05) is 44.3 Å². The van der Waals surface area contributed by atoms with Gasteiger partial charge in [0, 0.05) is 22.7 Å². The molecule has 4 rings (SSSR count). The number of aliphatic hydroxyl groups is 1. The first-order chi connectivity index (χ1) is 16.0. The zero-order valence-electron chi connectivity index (χ0n) is 18.6. The summed E-state index contributed by atoms with van der Waals surface area (Å²) in [6.07, 6.45) is 2.21. The lowest BCUT2D eigenvalue weighted by atomic mass is 10.0. The van der Waals surface area contributed by atoms with Gasteiger partial charge < -0.3 is 20.1 Å². The van der Waals surface area contributed by atoms with Gasteiger partial charge in [-0.2, -0.15) is 0 Å². The number of nitrogens with one attached hydrogen (secondary N) is 2. The summed E-state index contributed by atoms with van der Waals surface area (Å²) in [7, 11) is 0. The smallest absolute Gasteiger partial charge is 0.255 e. The lowest BCUT2D eigenvalue weighted by Gasteiger charge is -2.19. The van der Waals surface area contributed by atoms with E-state index in [1.165, 1.54) is 6.07 Å². The zero-order chi connectivity index (χ0) is 23.4. The van der Waals surface area contributed by atoms with Crippen molar-refractivity contribution in [1.29, 1.82) is 0 Å². The Morgan fingerprint density at radius 2 is 1.85 bits per heavy atom. The molecule has 1 atom stereocenters. The van der Waals surface area contributed by atoms with Crippen molar-refractivity contribution in [2.24, 2.45) is 0 Å². The van der Waals surface area contributed by atoms with Crippen LogP contribution in [0, 0.1) is 5.82 Å². The Hall–Kier alpha value is -3.64. The topological polar surface area (TPSA) is 74.3 Å². The molecule has 0 aliphatic heterocycles. The van der Waals surface area contributed by atoms with Gasteiger partial charge in [0.05, 0.1) is 24.3 Å². The summed E-state index contributed by atoms with van der Waals surface area (Å²) in [4.78, 5) is 16.5. The van der Waals surface area contributed by atoms with Crippen molar-refractivity contribution in [2.75, 3.05) is 6.61 Å². The summed E-state index contributed by atoms with van der Waals surface area (Å²) in [5.41, 5.74) is 3.28. The maximum Gasteiger partial charge on any atom is 0.255 e. The first-order valence-corrected chi connectivity index (χ1v) is 11.0. The van der Waals surface area contributed by atoms with Gasteiger partial charge >= 0.3 is 0 Å². The van der Waals surface area contributed by atoms with Crippen molar-refractivity contribution in [2.45, 2.75) is 32.4 Å². The minimum Gasteiger partial charge on any atom is -0.490 e. The summed E-state index contributed by atoms with van der Waals surface area (Å²) < 4.78 is 20.2. The van der Waals surface area contributed by atoms with Crippen LogP contribution in [0.3, 0.4) is 0 Å². The molecule has 3 aromatic carbocycles. The molecule has 1 heterocycles. The quantitative estimate of drug-likeness (QED) is 0.353. The fourth-order valence-corrected chi connectivity index (χ4v) is 3.92. The number of carbonyl (C=O) groups excluding carboxylic acids is 1. The number of fused-ring (bicyclic) bond motifs is 1. The molecule has 6 heteroatoms. The molecule has 1 aromatic heterocycles. The molecule has 0 saturated carbocycles. The number of aromatic nitrogens is 1. The molecular formula is C27H27FN2O3. The molecule has 4 aromatic rings. The first kappa shape index (κ1) is 22.6. The Balaban J connectivity index is 1.62. The van der Waals surface area contributed by atoms with Crippen molar-refractivity contribution in [3.63, 3.8) is 0 Å². The number of hydrogen-bond donors (Lipinski definition) is 3. The second kappa shape index (κ2) is 9.88. The molecule has 0 saturated heterocycles. The van der Waals surface area contributed by atoms with Crippen LogP contribution in [0.25, 0.3) is 22.0 Å². The molecule has 0 aliphatic rings. The van der Waals surface area contributed by atoms with Gasteiger partial charge in [-0.05, 0) is 55.7 Å². The number of hydrogen-bond acceptors (Lipinski definition) is 3. The number of rotatable bonds is 8. The van der Waals surface area contributed by atoms with Crippen molar-refractivity contribution < 1.29 is 19.0 Å². The van der Waals surface area contributed by atoms with E-state index in [1.54, 1.807) is 36.4 Å². The summed E-state index contributed by atoms with van der Waals surface area (Å²) in [6.45, 7) is 3.53. The molecule has 5 nitrogen and oxygen atoms in total. The zero-order valence-corrected chi connectivity index (χ0v) is 18.6. The lowest BCUT2D eigenvalue weighted by Crippen LogP contribution is -2.39. The molecule has 33 heavy (non-hydrogen) atoms. The molecule has 0 spiro atoms. The van der Waals surface area contributed by atoms with E-state index in [2.05, 4.69) is 10.3 Å². The SMILES string of the molecule is CC(C)Oc1ccc(-c2ccccc2F)cc1C(=O)N[C@@H](CO)Cc1c[nH]c2ccccc12. The van der Waals surface area contributed by atoms with Crippen LogP contribution in [0.4, 0.5) is 4.39 Å². The van der Waals surface area contributed by atoms with E-state index < -0.39 is 6.04 Å². The maximum absolute atomic E-state index is 14.4. The Kier molecular flexibility index (Phi) is 6.75. The predicted octanol–water partition coefficient (Wildman–Crippen LogP) is 5.09. The lowest BCUT2D eigenvalue weighted by molar-refractivity contribution is 0.0910. The third-order valence-electron chi connectivity index (χ3n) is 5.47. The number of aromatic amines is 1. The van der Waals surface area contributed by atoms with Gasteiger partial charge in [0.25, 0.3) is 5.91 Å². The molecule has 0 fully saturated rings. The van der Waals surface area contributed by atoms with E-state index in [9.17, 15) is 14.3 Å². The maximum atomic E-state index is 14.4. The molecule has 170 valence electrons. The Morgan fingerprint density at radius 1 is 1.09 bits per heavy atom. The van der Waals surface area contributed by atoms with Crippen LogP contribution in [-0.2, 0) is 6.42 Å². The predicted molar refractivity (Wildman–Crippen MR) is 128 cm³/mol. The summed E-state index contributed by atoms with van der Waals surface area (Å²) >= 11 is 0. The number of H-pyrrole nitrogens is 1. The average molecular weight is 447 g/mol. The second-order valence-corrected chi connectivity index (χ2v) is 8.27. The number of benzene rings is 3. The van der Waals surface area contributed by atoms with Crippen LogP contribution < -0.4 is 10.1 Å². The number of para-hydroxylation sites is 1. The molecule has 1 amide bonds. The van der Waals surface area contributed by atoms with Crippen molar-refractivity contribution in [1.82, 2.24) is 10.3 Å². The number of carbonyl (C=O) groups is 1. The molecular weight excluding hydrogens is 419 g/mol. The van der Waals surface area contributed by atoms with E-state index in [0.29, 0.717) is 28.9 Å². The van der Waals surface area contributed by atoms with Crippen molar-refractivity contribution in [3.8, 4) is 16.9 Å². The summed E-state index contributed by atoms with van der Waals surface area (Å²) in [6, 6.07) is 18.9. The third-order valence-corrected chi connectivity index (χ3v) is 5.47. The van der Waals surface area contributed by atoms with Gasteiger partial charge in [-0.3, -0.25) is 4.79 Å². The molecule has 0 unspecified atom stereocenters. The number of ether oxygens (including phenoxy) is 1. The number of amides is 1. The van der Waals surface area contributed by atoms with E-state index in [0.717, 1.165) is 16.5 Å². The van der Waals surface area contributed by atoms with Crippen molar-refractivity contribution >= 4 is 16.8 Å². The van der Waals surface area contributed by atoms with Crippen LogP contribution in [-0.4, -0.2) is 34.8 Å². The highest BCUT2D eigenvalue weighted by Crippen LogP contribution is 2.29. The molecule has 0 bridgehead atoms. The normalized spacial score (nSPS) is 12.2. The monoisotopic (exact) mass is 446 g/mol. The Labute approximate surface area is 192 Å². The Morgan fingerprint density at radius 3 is 2.61 bits per heavy atom. The fraction of sp³-hybridized carbons (Fsp3) is 0.222. The van der Waals surface area contributed by atoms with Gasteiger partial charge in [-0.1, -0.05) is 42.5 Å². The van der Waals surface area contributed by atoms with Crippen LogP contribution in [0.15, 0.2) is 72.9 Å². The minimum absolute atomic E-state index is 0.143. The van der Waals surface area contributed by atoms with Crippen molar-refractivity contribution in [3.05, 3.63) is 89.9 Å². The summed E-state index contributed by atoms with van der Waals surface area (Å²) in [5.74, 6) is -0.344. The van der Waals surface area contributed by atoms with Gasteiger partial charge in [0.2, 0.25) is 0 Å². The van der Waals surface area contributed by atoms with Gasteiger partial charge in [-0.25, -0.2) is 4.39 Å². The molecule has 0 radical (unpaired) electrons. The standard InChI is InChI=1S/C27H27FN2O3/c1-17(2)33-26-12-11-18(21-7-3-5-9-24(21)28)14-23(26)27(32)30-20(16-31)13-19-15-29-25-10-6-4-8-22(19)25/h3-12,14-15,17,20,29,31H,13,16H2,1-2H3,(H,30,32)/t20-/m1/s1. The average Bonchev–Trinajstić information content (AvgIpc) is 3.21. The third kappa shape index (κ3) is 5.07. The van der Waals surface area contributed by atoms with E-state index >= 15 is 0 Å². The second-order valence-electron chi connectivity index (χ2n) is 8.27. The largest absolute Gasteiger partial charge is 0.490 e. The highest BCUT2D eigenvalue weighted by atomic mass is 19.1. The van der Waals surface area contributed by atoms with Gasteiger partial charge in [0.1, 0.15) is 11.6 Å². The molecule has 3 N–H and O–H groups in total.